The predicted molar refractivity (Wildman–Crippen MR) is 82.6 cm³/mol. The van der Waals surface area contributed by atoms with Crippen molar-refractivity contribution in [1.29, 1.82) is 0 Å². The van der Waals surface area contributed by atoms with Crippen molar-refractivity contribution < 1.29 is 0 Å². The Labute approximate surface area is 119 Å². The predicted octanol–water partition coefficient (Wildman–Crippen LogP) is 4.31. The molecule has 3 heteroatoms. The fourth-order valence-electron chi connectivity index (χ4n) is 2.53. The van der Waals surface area contributed by atoms with Crippen molar-refractivity contribution in [2.75, 3.05) is 0 Å². The minimum Gasteiger partial charge on any atom is -0.304 e. The molecule has 0 saturated carbocycles. The van der Waals surface area contributed by atoms with Crippen LogP contribution >= 0.6 is 11.3 Å². The van der Waals surface area contributed by atoms with E-state index in [-0.39, 0.29) is 0 Å². The minimum absolute atomic E-state index is 0.361. The van der Waals surface area contributed by atoms with Crippen LogP contribution in [0.25, 0.3) is 0 Å². The number of nitrogens with one attached hydrogen (secondary N) is 1. The van der Waals surface area contributed by atoms with Gasteiger partial charge >= 0.3 is 0 Å². The molecule has 1 aromatic heterocycles. The van der Waals surface area contributed by atoms with Gasteiger partial charge in [-0.25, -0.2) is 4.98 Å². The molecule has 19 heavy (non-hydrogen) atoms. The third-order valence-corrected chi connectivity index (χ3v) is 4.41. The van der Waals surface area contributed by atoms with Crippen LogP contribution in [0, 0.1) is 20.8 Å². The average Bonchev–Trinajstić information content (AvgIpc) is 2.86. The molecular weight excluding hydrogens is 252 g/mol. The minimum atomic E-state index is 0.361. The topological polar surface area (TPSA) is 24.9 Å². The second-order valence-electron chi connectivity index (χ2n) is 5.09. The fourth-order valence-corrected chi connectivity index (χ4v) is 3.32. The fraction of sp³-hybridized carbons (Fsp3) is 0.438. The van der Waals surface area contributed by atoms with Crippen molar-refractivity contribution >= 4 is 11.3 Å². The van der Waals surface area contributed by atoms with Crippen molar-refractivity contribution in [2.45, 2.75) is 46.7 Å². The van der Waals surface area contributed by atoms with E-state index in [2.05, 4.69) is 50.1 Å². The monoisotopic (exact) mass is 274 g/mol. The molecule has 102 valence electrons. The summed E-state index contributed by atoms with van der Waals surface area (Å²) in [6.07, 6.45) is 2.95. The molecule has 0 amide bonds. The van der Waals surface area contributed by atoms with Crippen LogP contribution in [0.4, 0.5) is 0 Å². The molecule has 1 atom stereocenters. The van der Waals surface area contributed by atoms with E-state index in [1.165, 1.54) is 27.3 Å². The van der Waals surface area contributed by atoms with E-state index >= 15 is 0 Å². The summed E-state index contributed by atoms with van der Waals surface area (Å²) in [7, 11) is 0. The van der Waals surface area contributed by atoms with Crippen LogP contribution in [0.1, 0.15) is 46.6 Å². The molecule has 0 fully saturated rings. The van der Waals surface area contributed by atoms with Gasteiger partial charge in [-0.05, 0) is 43.9 Å². The molecule has 0 aliphatic rings. The first kappa shape index (κ1) is 14.2. The molecule has 0 spiro atoms. The molecule has 1 heterocycles. The van der Waals surface area contributed by atoms with Crippen molar-refractivity contribution in [3.8, 4) is 0 Å². The third kappa shape index (κ3) is 3.43. The van der Waals surface area contributed by atoms with Crippen LogP contribution in [-0.2, 0) is 6.54 Å². The molecule has 0 aliphatic carbocycles. The summed E-state index contributed by atoms with van der Waals surface area (Å²) in [6, 6.07) is 4.88. The van der Waals surface area contributed by atoms with Crippen molar-refractivity contribution in [3.05, 3.63) is 51.0 Å². The van der Waals surface area contributed by atoms with Gasteiger partial charge in [-0.3, -0.25) is 0 Å². The van der Waals surface area contributed by atoms with E-state index in [1.807, 2.05) is 11.6 Å². The Balaban J connectivity index is 2.10. The highest BCUT2D eigenvalue weighted by atomic mass is 32.1. The number of thiazole rings is 1. The van der Waals surface area contributed by atoms with Gasteiger partial charge in [-0.2, -0.15) is 0 Å². The smallest absolute Gasteiger partial charge is 0.109 e. The molecular formula is C16H22N2S. The average molecular weight is 274 g/mol. The zero-order valence-electron chi connectivity index (χ0n) is 12.2. The summed E-state index contributed by atoms with van der Waals surface area (Å²) in [4.78, 5) is 4.41. The zero-order chi connectivity index (χ0) is 13.8. The lowest BCUT2D eigenvalue weighted by molar-refractivity contribution is 0.515. The van der Waals surface area contributed by atoms with Gasteiger partial charge in [0.15, 0.2) is 0 Å². The largest absolute Gasteiger partial charge is 0.304 e. The van der Waals surface area contributed by atoms with Gasteiger partial charge in [0.05, 0.1) is 6.04 Å². The molecule has 1 aromatic carbocycles. The number of aryl methyl sites for hydroxylation is 3. The molecule has 0 aliphatic heterocycles. The van der Waals surface area contributed by atoms with Gasteiger partial charge in [0.1, 0.15) is 5.01 Å². The number of rotatable bonds is 5. The molecule has 0 saturated heterocycles. The Morgan fingerprint density at radius 1 is 1.21 bits per heavy atom. The normalized spacial score (nSPS) is 12.6. The molecule has 2 rings (SSSR count). The van der Waals surface area contributed by atoms with E-state index in [1.54, 1.807) is 11.3 Å². The number of benzene rings is 1. The summed E-state index contributed by atoms with van der Waals surface area (Å²) in [5.74, 6) is 0. The van der Waals surface area contributed by atoms with Crippen LogP contribution < -0.4 is 5.32 Å². The number of hydrogen-bond donors (Lipinski definition) is 1. The van der Waals surface area contributed by atoms with Crippen molar-refractivity contribution in [3.63, 3.8) is 0 Å². The highest BCUT2D eigenvalue weighted by molar-refractivity contribution is 7.09. The lowest BCUT2D eigenvalue weighted by Gasteiger charge is -2.17. The van der Waals surface area contributed by atoms with Gasteiger partial charge in [0.25, 0.3) is 0 Å². The van der Waals surface area contributed by atoms with E-state index in [0.29, 0.717) is 6.04 Å². The van der Waals surface area contributed by atoms with Gasteiger partial charge in [0, 0.05) is 18.1 Å². The van der Waals surface area contributed by atoms with Gasteiger partial charge in [0.2, 0.25) is 0 Å². The second-order valence-corrected chi connectivity index (χ2v) is 6.02. The Morgan fingerprint density at radius 2 is 1.89 bits per heavy atom. The highest BCUT2D eigenvalue weighted by Crippen LogP contribution is 2.21. The lowest BCUT2D eigenvalue weighted by Crippen LogP contribution is -2.21. The van der Waals surface area contributed by atoms with Gasteiger partial charge in [-0.1, -0.05) is 24.6 Å². The maximum absolute atomic E-state index is 4.41. The van der Waals surface area contributed by atoms with Gasteiger partial charge < -0.3 is 5.32 Å². The highest BCUT2D eigenvalue weighted by Gasteiger charge is 2.12. The quantitative estimate of drug-likeness (QED) is 0.879. The molecule has 1 N–H and O–H groups in total. The first-order chi connectivity index (χ1) is 9.11. The van der Waals surface area contributed by atoms with Gasteiger partial charge in [-0.15, -0.1) is 11.3 Å². The SMILES string of the molecule is CCC(NCc1c(C)cc(C)cc1C)c1nccs1. The van der Waals surface area contributed by atoms with E-state index in [9.17, 15) is 0 Å². The summed E-state index contributed by atoms with van der Waals surface area (Å²) < 4.78 is 0. The second kappa shape index (κ2) is 6.31. The first-order valence-electron chi connectivity index (χ1n) is 6.81. The van der Waals surface area contributed by atoms with Crippen LogP contribution in [0.2, 0.25) is 0 Å². The Bertz CT molecular complexity index is 509. The van der Waals surface area contributed by atoms with E-state index in [4.69, 9.17) is 0 Å². The standard InChI is InChI=1S/C16H22N2S/c1-5-15(16-17-6-7-19-16)18-10-14-12(3)8-11(2)9-13(14)4/h6-9,15,18H,5,10H2,1-4H3. The van der Waals surface area contributed by atoms with Crippen LogP contribution in [0.3, 0.4) is 0 Å². The van der Waals surface area contributed by atoms with Crippen LogP contribution in [0.5, 0.6) is 0 Å². The first-order valence-corrected chi connectivity index (χ1v) is 7.69. The summed E-state index contributed by atoms with van der Waals surface area (Å²) in [6.45, 7) is 9.66. The Kier molecular flexibility index (Phi) is 4.72. The third-order valence-electron chi connectivity index (χ3n) is 3.52. The molecule has 2 nitrogen and oxygen atoms in total. The Hall–Kier alpha value is -1.19. The number of hydrogen-bond acceptors (Lipinski definition) is 3. The van der Waals surface area contributed by atoms with E-state index < -0.39 is 0 Å². The van der Waals surface area contributed by atoms with Crippen molar-refractivity contribution in [2.24, 2.45) is 0 Å². The summed E-state index contributed by atoms with van der Waals surface area (Å²) >= 11 is 1.73. The summed E-state index contributed by atoms with van der Waals surface area (Å²) in [5, 5.41) is 6.87. The molecule has 0 bridgehead atoms. The maximum Gasteiger partial charge on any atom is 0.109 e. The van der Waals surface area contributed by atoms with Crippen LogP contribution in [-0.4, -0.2) is 4.98 Å². The van der Waals surface area contributed by atoms with Crippen molar-refractivity contribution in [1.82, 2.24) is 10.3 Å². The number of aromatic nitrogens is 1. The van der Waals surface area contributed by atoms with Crippen LogP contribution in [0.15, 0.2) is 23.7 Å². The van der Waals surface area contributed by atoms with E-state index in [0.717, 1.165) is 13.0 Å². The lowest BCUT2D eigenvalue weighted by atomic mass is 9.99. The zero-order valence-corrected chi connectivity index (χ0v) is 13.0. The molecule has 0 radical (unpaired) electrons. The number of nitrogens with zero attached hydrogens (tertiary/aromatic N) is 1. The molecule has 1 unspecified atom stereocenters. The molecule has 2 aromatic rings. The summed E-state index contributed by atoms with van der Waals surface area (Å²) in [5.41, 5.74) is 5.50. The maximum atomic E-state index is 4.41. The Morgan fingerprint density at radius 3 is 2.42 bits per heavy atom.